The lowest BCUT2D eigenvalue weighted by molar-refractivity contribution is -0.289. The molecule has 2 aromatic rings. The number of hydrogen-bond donors (Lipinski definition) is 2. The smallest absolute Gasteiger partial charge is 0.384 e. The summed E-state index contributed by atoms with van der Waals surface area (Å²) >= 11 is 0. The highest BCUT2D eigenvalue weighted by Crippen LogP contribution is 2.44. The first-order valence-corrected chi connectivity index (χ1v) is 6.46. The maximum Gasteiger partial charge on any atom is 0.458 e. The van der Waals surface area contributed by atoms with Crippen LogP contribution in [0.15, 0.2) is 29.1 Å². The van der Waals surface area contributed by atoms with Gasteiger partial charge in [0, 0.05) is 11.1 Å². The Morgan fingerprint density at radius 1 is 1.04 bits per heavy atom. The van der Waals surface area contributed by atoms with Crippen LogP contribution in [0.25, 0.3) is 11.1 Å². The van der Waals surface area contributed by atoms with Crippen LogP contribution in [0.1, 0.15) is 16.7 Å². The fraction of sp³-hybridized carbons (Fsp3) is 0.133. The van der Waals surface area contributed by atoms with Crippen LogP contribution < -0.4 is 11.3 Å². The number of hydrogen-bond acceptors (Lipinski definition) is 4. The summed E-state index contributed by atoms with van der Waals surface area (Å²) in [6, 6.07) is 6.08. The molecule has 0 radical (unpaired) electrons. The minimum Gasteiger partial charge on any atom is -0.384 e. The van der Waals surface area contributed by atoms with E-state index in [0.29, 0.717) is 12.1 Å². The van der Waals surface area contributed by atoms with Crippen LogP contribution in [0.3, 0.4) is 0 Å². The largest absolute Gasteiger partial charge is 0.458 e. The zero-order valence-corrected chi connectivity index (χ0v) is 12.1. The molecule has 0 saturated carbocycles. The Morgan fingerprint density at radius 3 is 2.16 bits per heavy atom. The first-order valence-electron chi connectivity index (χ1n) is 6.46. The van der Waals surface area contributed by atoms with E-state index in [-0.39, 0.29) is 5.56 Å². The van der Waals surface area contributed by atoms with E-state index in [1.54, 1.807) is 6.07 Å². The molecule has 3 N–H and O–H groups in total. The van der Waals surface area contributed by atoms with Gasteiger partial charge in [-0.15, -0.1) is 0 Å². The second-order valence-corrected chi connectivity index (χ2v) is 4.87. The lowest BCUT2D eigenvalue weighted by Crippen LogP contribution is -2.33. The number of aromatic nitrogens is 1. The molecule has 0 atom stereocenters. The minimum absolute atomic E-state index is 0.340. The van der Waals surface area contributed by atoms with Gasteiger partial charge in [0.1, 0.15) is 29.1 Å². The Kier molecular flexibility index (Phi) is 4.24. The summed E-state index contributed by atoms with van der Waals surface area (Å²) in [7, 11) is 0. The molecule has 0 aliphatic rings. The highest BCUT2D eigenvalue weighted by Gasteiger charge is 2.58. The van der Waals surface area contributed by atoms with Gasteiger partial charge in [-0.1, -0.05) is 18.2 Å². The average Bonchev–Trinajstić information content (AvgIpc) is 2.53. The van der Waals surface area contributed by atoms with Crippen LogP contribution in [0.4, 0.5) is 27.8 Å². The number of nitrogen functional groups attached to an aromatic ring is 1. The Bertz CT molecular complexity index is 979. The van der Waals surface area contributed by atoms with Gasteiger partial charge in [-0.25, -0.2) is 0 Å². The summed E-state index contributed by atoms with van der Waals surface area (Å²) in [6.45, 7) is 0. The van der Waals surface area contributed by atoms with Gasteiger partial charge in [0.05, 0.1) is 0 Å². The molecule has 1 aromatic heterocycles. The molecule has 128 valence electrons. The van der Waals surface area contributed by atoms with Crippen LogP contribution in [0.2, 0.25) is 0 Å². The third kappa shape index (κ3) is 2.90. The summed E-state index contributed by atoms with van der Waals surface area (Å²) in [4.78, 5) is 13.8. The number of nitriles is 2. The number of aromatic amines is 1. The Morgan fingerprint density at radius 2 is 1.64 bits per heavy atom. The van der Waals surface area contributed by atoms with Crippen LogP contribution in [0, 0.1) is 22.7 Å². The fourth-order valence-electron chi connectivity index (χ4n) is 2.17. The summed E-state index contributed by atoms with van der Waals surface area (Å²) in [5.74, 6) is -5.59. The van der Waals surface area contributed by atoms with Crippen LogP contribution in [-0.4, -0.2) is 11.2 Å². The predicted molar refractivity (Wildman–Crippen MR) is 76.3 cm³/mol. The molecule has 1 aromatic carbocycles. The molecular weight excluding hydrogens is 347 g/mol. The van der Waals surface area contributed by atoms with Gasteiger partial charge < -0.3 is 10.7 Å². The maximum absolute atomic E-state index is 13.5. The number of nitrogens with one attached hydrogen (secondary N) is 1. The first-order chi connectivity index (χ1) is 11.5. The predicted octanol–water partition coefficient (Wildman–Crippen LogP) is 3.02. The van der Waals surface area contributed by atoms with Gasteiger partial charge in [-0.05, 0) is 11.6 Å². The van der Waals surface area contributed by atoms with Gasteiger partial charge in [-0.3, -0.25) is 4.79 Å². The molecule has 0 unspecified atom stereocenters. The van der Waals surface area contributed by atoms with Gasteiger partial charge in [0.25, 0.3) is 5.56 Å². The standard InChI is InChI=1S/C15H7F5N4O/c16-14(17,15(18,19)20)8-3-1-2-7(4-8)11-9(5-21)12(23)24-13(25)10(11)6-22/h1-4H,(H3,23,24,25). The molecule has 2 rings (SSSR count). The zero-order chi connectivity index (χ0) is 19.0. The summed E-state index contributed by atoms with van der Waals surface area (Å²) in [5, 5.41) is 18.2. The SMILES string of the molecule is N#Cc1c(N)[nH]c(=O)c(C#N)c1-c1cccc(C(F)(F)C(F)(F)F)c1. The average molecular weight is 354 g/mol. The number of nitrogens with two attached hydrogens (primary N) is 1. The molecule has 0 saturated heterocycles. The maximum atomic E-state index is 13.5. The highest BCUT2D eigenvalue weighted by atomic mass is 19.4. The Hall–Kier alpha value is -3.40. The van der Waals surface area contributed by atoms with Crippen LogP contribution in [0.5, 0.6) is 0 Å². The lowest BCUT2D eigenvalue weighted by atomic mass is 9.94. The quantitative estimate of drug-likeness (QED) is 0.809. The Balaban J connectivity index is 2.83. The molecule has 0 aliphatic carbocycles. The minimum atomic E-state index is -5.84. The van der Waals surface area contributed by atoms with Crippen molar-refractivity contribution in [1.29, 1.82) is 10.5 Å². The normalized spacial score (nSPS) is 11.6. The number of halogens is 5. The fourth-order valence-corrected chi connectivity index (χ4v) is 2.17. The zero-order valence-electron chi connectivity index (χ0n) is 12.1. The monoisotopic (exact) mass is 354 g/mol. The van der Waals surface area contributed by atoms with Crippen molar-refractivity contribution in [2.24, 2.45) is 0 Å². The molecule has 0 aliphatic heterocycles. The second-order valence-electron chi connectivity index (χ2n) is 4.87. The summed E-state index contributed by atoms with van der Waals surface area (Å²) < 4.78 is 64.7. The number of nitrogens with zero attached hydrogens (tertiary/aromatic N) is 2. The van der Waals surface area contributed by atoms with E-state index in [9.17, 15) is 26.7 Å². The van der Waals surface area contributed by atoms with Gasteiger partial charge in [0.15, 0.2) is 0 Å². The molecule has 5 nitrogen and oxygen atoms in total. The van der Waals surface area contributed by atoms with E-state index < -0.39 is 45.7 Å². The number of H-pyrrole nitrogens is 1. The number of alkyl halides is 5. The van der Waals surface area contributed by atoms with Crippen molar-refractivity contribution in [3.8, 4) is 23.3 Å². The highest BCUT2D eigenvalue weighted by molar-refractivity contribution is 5.80. The van der Waals surface area contributed by atoms with E-state index in [1.165, 1.54) is 6.07 Å². The number of anilines is 1. The molecule has 25 heavy (non-hydrogen) atoms. The van der Waals surface area contributed by atoms with Crippen molar-refractivity contribution in [3.05, 3.63) is 51.3 Å². The molecule has 0 spiro atoms. The first kappa shape index (κ1) is 17.9. The third-order valence-corrected chi connectivity index (χ3v) is 3.34. The van der Waals surface area contributed by atoms with Crippen molar-refractivity contribution >= 4 is 5.82 Å². The summed E-state index contributed by atoms with van der Waals surface area (Å²) in [6.07, 6.45) is -5.84. The Labute approximate surface area is 136 Å². The van der Waals surface area contributed by atoms with E-state index in [1.807, 2.05) is 4.98 Å². The van der Waals surface area contributed by atoms with Crippen molar-refractivity contribution in [2.75, 3.05) is 5.73 Å². The van der Waals surface area contributed by atoms with Crippen molar-refractivity contribution < 1.29 is 22.0 Å². The molecule has 0 amide bonds. The molecule has 1 heterocycles. The van der Waals surface area contributed by atoms with Crippen molar-refractivity contribution in [2.45, 2.75) is 12.1 Å². The van der Waals surface area contributed by atoms with Gasteiger partial charge in [-0.2, -0.15) is 32.5 Å². The van der Waals surface area contributed by atoms with Gasteiger partial charge in [0.2, 0.25) is 0 Å². The molecule has 0 fully saturated rings. The molecule has 10 heteroatoms. The van der Waals surface area contributed by atoms with Crippen molar-refractivity contribution in [3.63, 3.8) is 0 Å². The van der Waals surface area contributed by atoms with Gasteiger partial charge >= 0.3 is 12.1 Å². The van der Waals surface area contributed by atoms with E-state index in [0.717, 1.165) is 12.1 Å². The summed E-state index contributed by atoms with van der Waals surface area (Å²) in [5.41, 5.74) is 1.28. The van der Waals surface area contributed by atoms with E-state index in [2.05, 4.69) is 0 Å². The second kappa shape index (κ2) is 5.91. The van der Waals surface area contributed by atoms with E-state index >= 15 is 0 Å². The number of benzene rings is 1. The number of pyridine rings is 1. The molecule has 0 bridgehead atoms. The van der Waals surface area contributed by atoms with Crippen molar-refractivity contribution in [1.82, 2.24) is 4.98 Å². The topological polar surface area (TPSA) is 106 Å². The van der Waals surface area contributed by atoms with Crippen LogP contribution >= 0.6 is 0 Å². The third-order valence-electron chi connectivity index (χ3n) is 3.34. The lowest BCUT2D eigenvalue weighted by Gasteiger charge is -2.20. The van der Waals surface area contributed by atoms with Crippen LogP contribution in [-0.2, 0) is 5.92 Å². The molecular formula is C15H7F5N4O. The number of rotatable bonds is 2. The van der Waals surface area contributed by atoms with E-state index in [4.69, 9.17) is 16.3 Å².